The van der Waals surface area contributed by atoms with Crippen molar-refractivity contribution < 1.29 is 29.4 Å². The molecule has 8 heteroatoms. The highest BCUT2D eigenvalue weighted by Crippen LogP contribution is 2.16. The molecule has 0 saturated carbocycles. The van der Waals surface area contributed by atoms with Crippen molar-refractivity contribution in [2.45, 2.75) is 25.6 Å². The summed E-state index contributed by atoms with van der Waals surface area (Å²) >= 11 is 0. The molecular weight excluding hydrogens is 364 g/mol. The van der Waals surface area contributed by atoms with Crippen LogP contribution in [0.4, 0.5) is 0 Å². The minimum absolute atomic E-state index is 0.169. The van der Waals surface area contributed by atoms with Crippen molar-refractivity contribution in [1.29, 1.82) is 0 Å². The first-order chi connectivity index (χ1) is 13.4. The number of nitrogens with one attached hydrogen (secondary N) is 1. The molecule has 3 N–H and O–H groups in total. The van der Waals surface area contributed by atoms with Crippen molar-refractivity contribution >= 4 is 17.8 Å². The zero-order valence-electron chi connectivity index (χ0n) is 15.3. The zero-order chi connectivity index (χ0) is 20.5. The van der Waals surface area contributed by atoms with Crippen LogP contribution in [0, 0.1) is 0 Å². The normalized spacial score (nSPS) is 12.5. The van der Waals surface area contributed by atoms with Gasteiger partial charge in [0.25, 0.3) is 5.91 Å². The van der Waals surface area contributed by atoms with Crippen LogP contribution in [0.1, 0.15) is 24.2 Å². The number of hydroxylamine groups is 2. The van der Waals surface area contributed by atoms with Crippen LogP contribution < -0.4 is 5.32 Å². The van der Waals surface area contributed by atoms with E-state index in [1.165, 1.54) is 12.1 Å². The summed E-state index contributed by atoms with van der Waals surface area (Å²) < 4.78 is 0. The van der Waals surface area contributed by atoms with Crippen molar-refractivity contribution in [3.05, 3.63) is 71.8 Å². The number of carbonyl (C=O) groups is 3. The van der Waals surface area contributed by atoms with E-state index in [2.05, 4.69) is 5.32 Å². The van der Waals surface area contributed by atoms with Crippen molar-refractivity contribution in [2.75, 3.05) is 6.61 Å². The molecular formula is C20H22N2O6. The Balaban J connectivity index is 2.05. The molecule has 0 aliphatic rings. The average Bonchev–Trinajstić information content (AvgIpc) is 2.72. The molecule has 8 nitrogen and oxygen atoms in total. The SMILES string of the molecule is CC(=O)N(OC(=O)[C@H](O)c1ccccc1)[C@@H](CO)C(=O)NCc1ccccc1. The molecule has 2 amide bonds. The summed E-state index contributed by atoms with van der Waals surface area (Å²) in [5.41, 5.74) is 1.09. The minimum atomic E-state index is -1.64. The van der Waals surface area contributed by atoms with Gasteiger partial charge in [0, 0.05) is 13.5 Å². The fraction of sp³-hybridized carbons (Fsp3) is 0.250. The Morgan fingerprint density at radius 1 is 1.04 bits per heavy atom. The molecule has 2 rings (SSSR count). The van der Waals surface area contributed by atoms with Crippen LogP contribution in [-0.2, 0) is 25.8 Å². The highest BCUT2D eigenvalue weighted by atomic mass is 16.7. The highest BCUT2D eigenvalue weighted by Gasteiger charge is 2.33. The van der Waals surface area contributed by atoms with Crippen molar-refractivity contribution in [3.63, 3.8) is 0 Å². The van der Waals surface area contributed by atoms with E-state index in [-0.39, 0.29) is 12.1 Å². The maximum absolute atomic E-state index is 12.4. The molecule has 2 aromatic rings. The van der Waals surface area contributed by atoms with E-state index in [0.29, 0.717) is 5.06 Å². The molecule has 0 aliphatic carbocycles. The quantitative estimate of drug-likeness (QED) is 0.604. The topological polar surface area (TPSA) is 116 Å². The molecule has 0 saturated heterocycles. The standard InChI is InChI=1S/C20H22N2O6/c1-14(24)22(28-20(27)18(25)16-10-6-3-7-11-16)17(13-23)19(26)21-12-15-8-4-2-5-9-15/h2-11,17-18,23,25H,12-13H2,1H3,(H,21,26)/t17-,18+/m0/s1. The van der Waals surface area contributed by atoms with Gasteiger partial charge in [-0.05, 0) is 11.1 Å². The predicted molar refractivity (Wildman–Crippen MR) is 99.2 cm³/mol. The molecule has 0 fully saturated rings. The molecule has 0 aromatic heterocycles. The van der Waals surface area contributed by atoms with Crippen molar-refractivity contribution in [2.24, 2.45) is 0 Å². The van der Waals surface area contributed by atoms with Crippen LogP contribution in [-0.4, -0.2) is 45.7 Å². The van der Waals surface area contributed by atoms with Crippen LogP contribution in [0.5, 0.6) is 0 Å². The first-order valence-electron chi connectivity index (χ1n) is 8.61. The Labute approximate surface area is 162 Å². The maximum Gasteiger partial charge on any atom is 0.365 e. The molecule has 0 spiro atoms. The fourth-order valence-corrected chi connectivity index (χ4v) is 2.43. The number of amides is 2. The van der Waals surface area contributed by atoms with Gasteiger partial charge in [-0.3, -0.25) is 9.59 Å². The lowest BCUT2D eigenvalue weighted by molar-refractivity contribution is -0.215. The monoisotopic (exact) mass is 386 g/mol. The summed E-state index contributed by atoms with van der Waals surface area (Å²) in [4.78, 5) is 41.4. The summed E-state index contributed by atoms with van der Waals surface area (Å²) in [7, 11) is 0. The van der Waals surface area contributed by atoms with Gasteiger partial charge in [0.15, 0.2) is 12.1 Å². The second-order valence-electron chi connectivity index (χ2n) is 5.97. The number of hydrogen-bond acceptors (Lipinski definition) is 6. The summed E-state index contributed by atoms with van der Waals surface area (Å²) in [6, 6.07) is 15.6. The van der Waals surface area contributed by atoms with E-state index >= 15 is 0 Å². The van der Waals surface area contributed by atoms with E-state index in [4.69, 9.17) is 4.84 Å². The van der Waals surface area contributed by atoms with Crippen molar-refractivity contribution in [1.82, 2.24) is 10.4 Å². The minimum Gasteiger partial charge on any atom is -0.394 e. The number of aliphatic hydroxyl groups excluding tert-OH is 2. The Hall–Kier alpha value is -3.23. The summed E-state index contributed by atoms with van der Waals surface area (Å²) in [6.07, 6.45) is -1.64. The van der Waals surface area contributed by atoms with Gasteiger partial charge >= 0.3 is 5.97 Å². The lowest BCUT2D eigenvalue weighted by Gasteiger charge is -2.27. The molecule has 0 bridgehead atoms. The zero-order valence-corrected chi connectivity index (χ0v) is 15.3. The first kappa shape index (κ1) is 21.1. The second kappa shape index (κ2) is 10.2. The van der Waals surface area contributed by atoms with Crippen LogP contribution in [0.2, 0.25) is 0 Å². The van der Waals surface area contributed by atoms with Gasteiger partial charge in [0.05, 0.1) is 6.61 Å². The number of carbonyl (C=O) groups excluding carboxylic acids is 3. The summed E-state index contributed by atoms with van der Waals surface area (Å²) in [5, 5.41) is 22.7. The number of rotatable bonds is 7. The third-order valence-corrected chi connectivity index (χ3v) is 3.91. The molecule has 2 aromatic carbocycles. The third kappa shape index (κ3) is 5.63. The highest BCUT2D eigenvalue weighted by molar-refractivity contribution is 5.87. The van der Waals surface area contributed by atoms with E-state index in [9.17, 15) is 24.6 Å². The molecule has 0 unspecified atom stereocenters. The van der Waals surface area contributed by atoms with E-state index in [0.717, 1.165) is 12.5 Å². The Morgan fingerprint density at radius 2 is 1.61 bits per heavy atom. The largest absolute Gasteiger partial charge is 0.394 e. The molecule has 0 radical (unpaired) electrons. The summed E-state index contributed by atoms with van der Waals surface area (Å²) in [6.45, 7) is 0.479. The van der Waals surface area contributed by atoms with Crippen LogP contribution in [0.3, 0.4) is 0 Å². The van der Waals surface area contributed by atoms with Gasteiger partial charge in [0.1, 0.15) is 0 Å². The number of benzene rings is 2. The lowest BCUT2D eigenvalue weighted by atomic mass is 10.1. The lowest BCUT2D eigenvalue weighted by Crippen LogP contribution is -2.51. The summed E-state index contributed by atoms with van der Waals surface area (Å²) in [5.74, 6) is -2.62. The number of aliphatic hydroxyl groups is 2. The maximum atomic E-state index is 12.4. The first-order valence-corrected chi connectivity index (χ1v) is 8.61. The number of nitrogens with zero attached hydrogens (tertiary/aromatic N) is 1. The smallest absolute Gasteiger partial charge is 0.365 e. The van der Waals surface area contributed by atoms with Gasteiger partial charge in [-0.15, -0.1) is 0 Å². The second-order valence-corrected chi connectivity index (χ2v) is 5.97. The fourth-order valence-electron chi connectivity index (χ4n) is 2.43. The van der Waals surface area contributed by atoms with Crippen LogP contribution in [0.15, 0.2) is 60.7 Å². The van der Waals surface area contributed by atoms with Crippen LogP contribution >= 0.6 is 0 Å². The molecule has 0 aliphatic heterocycles. The molecule has 0 heterocycles. The van der Waals surface area contributed by atoms with Gasteiger partial charge in [0.2, 0.25) is 5.91 Å². The van der Waals surface area contributed by atoms with Crippen molar-refractivity contribution in [3.8, 4) is 0 Å². The molecule has 148 valence electrons. The van der Waals surface area contributed by atoms with Crippen LogP contribution in [0.25, 0.3) is 0 Å². The molecule has 28 heavy (non-hydrogen) atoms. The Morgan fingerprint density at radius 3 is 2.14 bits per heavy atom. The average molecular weight is 386 g/mol. The van der Waals surface area contributed by atoms with E-state index in [1.807, 2.05) is 6.07 Å². The van der Waals surface area contributed by atoms with Gasteiger partial charge in [-0.2, -0.15) is 5.06 Å². The van der Waals surface area contributed by atoms with E-state index < -0.39 is 36.5 Å². The van der Waals surface area contributed by atoms with Gasteiger partial charge in [-0.25, -0.2) is 4.79 Å². The Bertz CT molecular complexity index is 797. The van der Waals surface area contributed by atoms with E-state index in [1.54, 1.807) is 42.5 Å². The van der Waals surface area contributed by atoms with Gasteiger partial charge < -0.3 is 20.4 Å². The Kier molecular flexibility index (Phi) is 7.67. The third-order valence-electron chi connectivity index (χ3n) is 3.91. The van der Waals surface area contributed by atoms with Gasteiger partial charge in [-0.1, -0.05) is 60.7 Å². The number of hydrogen-bond donors (Lipinski definition) is 3. The molecule has 2 atom stereocenters. The predicted octanol–water partition coefficient (Wildman–Crippen LogP) is 0.704.